The SMILES string of the molecule is CC1OC[C@@H]([C@@H]2[C@H]3CC(O)O[C@H]3C[C@H]2OC2CCCCO2)O1. The van der Waals surface area contributed by atoms with E-state index in [1.807, 2.05) is 6.92 Å². The first-order valence-corrected chi connectivity index (χ1v) is 8.58. The lowest BCUT2D eigenvalue weighted by atomic mass is 9.87. The summed E-state index contributed by atoms with van der Waals surface area (Å²) in [5.74, 6) is 0.486. The molecule has 4 rings (SSSR count). The molecule has 1 aliphatic carbocycles. The van der Waals surface area contributed by atoms with Crippen LogP contribution in [0.5, 0.6) is 0 Å². The minimum atomic E-state index is -0.649. The molecule has 0 aromatic rings. The molecule has 3 heterocycles. The minimum absolute atomic E-state index is 0.0208. The molecule has 0 amide bonds. The van der Waals surface area contributed by atoms with Gasteiger partial charge in [-0.05, 0) is 32.1 Å². The van der Waals surface area contributed by atoms with Gasteiger partial charge in [0.25, 0.3) is 0 Å². The highest BCUT2D eigenvalue weighted by atomic mass is 16.7. The molecule has 6 nitrogen and oxygen atoms in total. The third-order valence-corrected chi connectivity index (χ3v) is 5.43. The predicted molar refractivity (Wildman–Crippen MR) is 75.8 cm³/mol. The number of rotatable bonds is 3. The van der Waals surface area contributed by atoms with Gasteiger partial charge in [-0.25, -0.2) is 0 Å². The molecule has 1 saturated carbocycles. The highest BCUT2D eigenvalue weighted by Gasteiger charge is 2.54. The van der Waals surface area contributed by atoms with E-state index in [1.165, 1.54) is 0 Å². The van der Waals surface area contributed by atoms with Crippen molar-refractivity contribution in [3.8, 4) is 0 Å². The Labute approximate surface area is 131 Å². The van der Waals surface area contributed by atoms with E-state index in [0.717, 1.165) is 32.3 Å². The zero-order valence-electron chi connectivity index (χ0n) is 13.1. The molecule has 1 N–H and O–H groups in total. The average molecular weight is 314 g/mol. The highest BCUT2D eigenvalue weighted by molar-refractivity contribution is 5.00. The molecular formula is C16H26O6. The fourth-order valence-electron chi connectivity index (χ4n) is 4.47. The summed E-state index contributed by atoms with van der Waals surface area (Å²) < 4.78 is 29.2. The summed E-state index contributed by atoms with van der Waals surface area (Å²) in [6, 6.07) is 0. The topological polar surface area (TPSA) is 66.4 Å². The number of ether oxygens (including phenoxy) is 5. The van der Waals surface area contributed by atoms with Crippen LogP contribution in [0, 0.1) is 11.8 Å². The van der Waals surface area contributed by atoms with Gasteiger partial charge in [-0.1, -0.05) is 0 Å². The fourth-order valence-corrected chi connectivity index (χ4v) is 4.47. The van der Waals surface area contributed by atoms with Crippen LogP contribution in [-0.4, -0.2) is 55.5 Å². The first kappa shape index (κ1) is 15.3. The molecule has 4 fully saturated rings. The lowest BCUT2D eigenvalue weighted by molar-refractivity contribution is -0.206. The maximum Gasteiger partial charge on any atom is 0.157 e. The van der Waals surface area contributed by atoms with Crippen molar-refractivity contribution >= 4 is 0 Å². The van der Waals surface area contributed by atoms with Crippen molar-refractivity contribution in [2.75, 3.05) is 13.2 Å². The van der Waals surface area contributed by atoms with Gasteiger partial charge in [0.2, 0.25) is 0 Å². The monoisotopic (exact) mass is 314 g/mol. The second-order valence-corrected chi connectivity index (χ2v) is 6.89. The van der Waals surface area contributed by atoms with Gasteiger partial charge in [-0.15, -0.1) is 0 Å². The van der Waals surface area contributed by atoms with Gasteiger partial charge >= 0.3 is 0 Å². The Morgan fingerprint density at radius 2 is 1.95 bits per heavy atom. The van der Waals surface area contributed by atoms with Crippen LogP contribution >= 0.6 is 0 Å². The van der Waals surface area contributed by atoms with Crippen molar-refractivity contribution in [1.82, 2.24) is 0 Å². The number of hydrogen-bond donors (Lipinski definition) is 1. The molecule has 0 bridgehead atoms. The number of aliphatic hydroxyl groups excluding tert-OH is 1. The van der Waals surface area contributed by atoms with Crippen LogP contribution in [0.25, 0.3) is 0 Å². The molecule has 0 aromatic heterocycles. The maximum atomic E-state index is 9.80. The number of aliphatic hydroxyl groups is 1. The Morgan fingerprint density at radius 1 is 1.05 bits per heavy atom. The summed E-state index contributed by atoms with van der Waals surface area (Å²) in [4.78, 5) is 0. The predicted octanol–water partition coefficient (Wildman–Crippen LogP) is 1.40. The van der Waals surface area contributed by atoms with Crippen LogP contribution in [0.2, 0.25) is 0 Å². The van der Waals surface area contributed by atoms with E-state index in [4.69, 9.17) is 23.7 Å². The minimum Gasteiger partial charge on any atom is -0.368 e. The van der Waals surface area contributed by atoms with Crippen molar-refractivity contribution in [2.24, 2.45) is 11.8 Å². The normalized spacial score (nSPS) is 52.1. The lowest BCUT2D eigenvalue weighted by Gasteiger charge is -2.32. The Kier molecular flexibility index (Phi) is 4.41. The summed E-state index contributed by atoms with van der Waals surface area (Å²) in [6.07, 6.45) is 3.92. The van der Waals surface area contributed by atoms with Crippen molar-refractivity contribution in [1.29, 1.82) is 0 Å². The molecule has 22 heavy (non-hydrogen) atoms. The van der Waals surface area contributed by atoms with Crippen molar-refractivity contribution in [2.45, 2.75) is 76.2 Å². The molecule has 0 aromatic carbocycles. The second-order valence-electron chi connectivity index (χ2n) is 6.89. The summed E-state index contributed by atoms with van der Waals surface area (Å²) in [7, 11) is 0. The molecule has 126 valence electrons. The Balaban J connectivity index is 1.46. The van der Waals surface area contributed by atoms with Gasteiger partial charge in [0.15, 0.2) is 18.9 Å². The van der Waals surface area contributed by atoms with Crippen LogP contribution in [0.15, 0.2) is 0 Å². The fraction of sp³-hybridized carbons (Fsp3) is 1.00. The third-order valence-electron chi connectivity index (χ3n) is 5.43. The van der Waals surface area contributed by atoms with E-state index >= 15 is 0 Å². The molecule has 0 spiro atoms. The van der Waals surface area contributed by atoms with E-state index in [9.17, 15) is 5.11 Å². The zero-order valence-corrected chi connectivity index (χ0v) is 13.1. The van der Waals surface area contributed by atoms with Gasteiger partial charge in [0.05, 0.1) is 24.9 Å². The standard InChI is InChI=1S/C16H26O6/c1-9-19-8-13(20-9)16-10-6-14(17)21-11(10)7-12(16)22-15-4-2-3-5-18-15/h9-17H,2-8H2,1H3/t9?,10-,11-,12+,13-,14?,15?,16+/m0/s1. The summed E-state index contributed by atoms with van der Waals surface area (Å²) >= 11 is 0. The van der Waals surface area contributed by atoms with Gasteiger partial charge in [-0.2, -0.15) is 0 Å². The Bertz CT molecular complexity index is 385. The number of hydrogen-bond acceptors (Lipinski definition) is 6. The van der Waals surface area contributed by atoms with Crippen LogP contribution in [-0.2, 0) is 23.7 Å². The first-order valence-electron chi connectivity index (χ1n) is 8.58. The molecule has 0 radical (unpaired) electrons. The van der Waals surface area contributed by atoms with Crippen LogP contribution < -0.4 is 0 Å². The van der Waals surface area contributed by atoms with E-state index < -0.39 is 6.29 Å². The van der Waals surface area contributed by atoms with Crippen molar-refractivity contribution in [3.05, 3.63) is 0 Å². The molecule has 3 unspecified atom stereocenters. The first-order chi connectivity index (χ1) is 10.7. The highest BCUT2D eigenvalue weighted by Crippen LogP contribution is 2.47. The van der Waals surface area contributed by atoms with Gasteiger partial charge in [-0.3, -0.25) is 0 Å². The van der Waals surface area contributed by atoms with Gasteiger partial charge in [0.1, 0.15) is 0 Å². The average Bonchev–Trinajstić information content (AvgIpc) is 3.14. The molecule has 3 aliphatic heterocycles. The maximum absolute atomic E-state index is 9.80. The third kappa shape index (κ3) is 2.92. The van der Waals surface area contributed by atoms with Crippen molar-refractivity contribution in [3.63, 3.8) is 0 Å². The summed E-state index contributed by atoms with van der Waals surface area (Å²) in [5, 5.41) is 9.80. The molecular weight excluding hydrogens is 288 g/mol. The molecule has 6 heteroatoms. The van der Waals surface area contributed by atoms with Crippen LogP contribution in [0.4, 0.5) is 0 Å². The van der Waals surface area contributed by atoms with E-state index in [1.54, 1.807) is 0 Å². The quantitative estimate of drug-likeness (QED) is 0.849. The molecule has 3 saturated heterocycles. The zero-order chi connectivity index (χ0) is 15.1. The smallest absolute Gasteiger partial charge is 0.157 e. The van der Waals surface area contributed by atoms with Crippen LogP contribution in [0.1, 0.15) is 39.0 Å². The van der Waals surface area contributed by atoms with Crippen molar-refractivity contribution < 1.29 is 28.8 Å². The van der Waals surface area contributed by atoms with Gasteiger partial charge < -0.3 is 28.8 Å². The molecule has 8 atom stereocenters. The second kappa shape index (κ2) is 6.34. The van der Waals surface area contributed by atoms with Crippen LogP contribution in [0.3, 0.4) is 0 Å². The Morgan fingerprint density at radius 3 is 2.68 bits per heavy atom. The molecule has 4 aliphatic rings. The van der Waals surface area contributed by atoms with E-state index in [0.29, 0.717) is 13.0 Å². The summed E-state index contributed by atoms with van der Waals surface area (Å²) in [5.41, 5.74) is 0. The summed E-state index contributed by atoms with van der Waals surface area (Å²) in [6.45, 7) is 3.30. The van der Waals surface area contributed by atoms with E-state index in [-0.39, 0.29) is 42.7 Å². The van der Waals surface area contributed by atoms with E-state index in [2.05, 4.69) is 0 Å². The number of fused-ring (bicyclic) bond motifs is 1. The largest absolute Gasteiger partial charge is 0.368 e. The Hall–Kier alpha value is -0.240. The lowest BCUT2D eigenvalue weighted by Crippen LogP contribution is -2.39. The van der Waals surface area contributed by atoms with Gasteiger partial charge in [0, 0.05) is 25.4 Å².